The van der Waals surface area contributed by atoms with Crippen LogP contribution in [0.15, 0.2) is 31.0 Å². The molecule has 1 aliphatic carbocycles. The number of carbonyl (C=O) groups excluding carboxylic acids is 1. The fourth-order valence-corrected chi connectivity index (χ4v) is 3.64. The molecule has 162 valence electrons. The summed E-state index contributed by atoms with van der Waals surface area (Å²) in [5, 5.41) is 14.6. The summed E-state index contributed by atoms with van der Waals surface area (Å²) in [6, 6.07) is 3.51. The Labute approximate surface area is 187 Å². The third-order valence-corrected chi connectivity index (χ3v) is 5.42. The van der Waals surface area contributed by atoms with Gasteiger partial charge in [0.2, 0.25) is 0 Å². The van der Waals surface area contributed by atoms with Gasteiger partial charge < -0.3 is 4.74 Å². The van der Waals surface area contributed by atoms with E-state index in [1.54, 1.807) is 48.6 Å². The Kier molecular flexibility index (Phi) is 4.52. The minimum absolute atomic E-state index is 0.0191. The van der Waals surface area contributed by atoms with E-state index in [0.29, 0.717) is 16.9 Å². The number of ether oxygens (including phenoxy) is 1. The smallest absolute Gasteiger partial charge is 0.312 e. The number of fused-ring (bicyclic) bond motifs is 1. The number of carbonyl (C=O) groups is 1. The molecule has 1 aliphatic rings. The highest BCUT2D eigenvalue weighted by atomic mass is 16.5. The van der Waals surface area contributed by atoms with Gasteiger partial charge in [-0.2, -0.15) is 10.4 Å². The van der Waals surface area contributed by atoms with Crippen LogP contribution in [0.3, 0.4) is 0 Å². The van der Waals surface area contributed by atoms with Crippen LogP contribution >= 0.6 is 0 Å². The first-order valence-electron chi connectivity index (χ1n) is 12.2. The standard InChI is InChI=1S/C23H28N6O2/c1-23(2,3)22(30)31-15-28-11-9-18-20(25-14-26-21(18)28)17-12-27-29(13-17)19(8-10-24)16-6-4-5-7-16/h9,11-14,16,19H,4-8,15H2,1-3H3/t19-/m1/s1/i4D2,5D2. The van der Waals surface area contributed by atoms with Crippen molar-refractivity contribution in [2.45, 2.75) is 65.6 Å². The van der Waals surface area contributed by atoms with Crippen molar-refractivity contribution < 1.29 is 15.0 Å². The second-order valence-electron chi connectivity index (χ2n) is 8.72. The fraction of sp³-hybridized carbons (Fsp3) is 0.522. The minimum Gasteiger partial charge on any atom is -0.443 e. The van der Waals surface area contributed by atoms with E-state index in [9.17, 15) is 10.1 Å². The van der Waals surface area contributed by atoms with Gasteiger partial charge in [0, 0.05) is 28.8 Å². The van der Waals surface area contributed by atoms with E-state index in [-0.39, 0.29) is 37.9 Å². The molecule has 0 aliphatic heterocycles. The average Bonchev–Trinajstić information content (AvgIpc) is 3.46. The normalized spacial score (nSPS) is 21.0. The molecule has 31 heavy (non-hydrogen) atoms. The molecule has 0 spiro atoms. The lowest BCUT2D eigenvalue weighted by molar-refractivity contribution is -0.156. The zero-order valence-electron chi connectivity index (χ0n) is 21.9. The van der Waals surface area contributed by atoms with Gasteiger partial charge in [-0.3, -0.25) is 14.0 Å². The summed E-state index contributed by atoms with van der Waals surface area (Å²) in [7, 11) is 0. The zero-order chi connectivity index (χ0) is 25.6. The maximum Gasteiger partial charge on any atom is 0.312 e. The lowest BCUT2D eigenvalue weighted by atomic mass is 9.96. The summed E-state index contributed by atoms with van der Waals surface area (Å²) in [5.41, 5.74) is 1.29. The van der Waals surface area contributed by atoms with Crippen molar-refractivity contribution in [2.75, 3.05) is 0 Å². The molecule has 1 saturated carbocycles. The largest absolute Gasteiger partial charge is 0.443 e. The van der Waals surface area contributed by atoms with E-state index in [1.165, 1.54) is 6.33 Å². The molecule has 0 amide bonds. The Bertz CT molecular complexity index is 1270. The molecule has 8 heteroatoms. The number of aromatic nitrogens is 5. The van der Waals surface area contributed by atoms with E-state index >= 15 is 0 Å². The van der Waals surface area contributed by atoms with E-state index in [1.807, 2.05) is 6.07 Å². The van der Waals surface area contributed by atoms with E-state index in [2.05, 4.69) is 21.1 Å². The molecule has 3 heterocycles. The van der Waals surface area contributed by atoms with Crippen LogP contribution in [-0.2, 0) is 16.3 Å². The summed E-state index contributed by atoms with van der Waals surface area (Å²) in [5.74, 6) is -0.685. The summed E-state index contributed by atoms with van der Waals surface area (Å²) in [6.45, 7) is 5.38. The van der Waals surface area contributed by atoms with Gasteiger partial charge in [-0.15, -0.1) is 0 Å². The van der Waals surface area contributed by atoms with E-state index in [0.717, 1.165) is 5.39 Å². The first-order valence-corrected chi connectivity index (χ1v) is 10.2. The SMILES string of the molecule is [2H]C1([2H])CC([C@@H](CC#N)n2cc(-c3ncnc4c3ccn4COC(=O)C(C)(C)C)cn2)CC1([2H])[2H]. The number of nitriles is 1. The number of hydrogen-bond donors (Lipinski definition) is 0. The second kappa shape index (κ2) is 8.50. The van der Waals surface area contributed by atoms with Gasteiger partial charge in [0.1, 0.15) is 12.0 Å². The Morgan fingerprint density at radius 2 is 2.16 bits per heavy atom. The van der Waals surface area contributed by atoms with Gasteiger partial charge in [-0.25, -0.2) is 9.97 Å². The number of rotatable bonds is 6. The third kappa shape index (κ3) is 4.31. The van der Waals surface area contributed by atoms with Crippen LogP contribution < -0.4 is 0 Å². The number of hydrogen-bond acceptors (Lipinski definition) is 6. The Morgan fingerprint density at radius 1 is 1.39 bits per heavy atom. The average molecular weight is 425 g/mol. The Hall–Kier alpha value is -3.21. The van der Waals surface area contributed by atoms with Crippen molar-refractivity contribution in [1.29, 1.82) is 5.26 Å². The molecule has 8 nitrogen and oxygen atoms in total. The maximum atomic E-state index is 12.1. The van der Waals surface area contributed by atoms with Crippen LogP contribution in [0.5, 0.6) is 0 Å². The lowest BCUT2D eigenvalue weighted by Crippen LogP contribution is -2.23. The number of esters is 1. The molecular formula is C23H28N6O2. The number of nitrogens with zero attached hydrogens (tertiary/aromatic N) is 6. The summed E-state index contributed by atoms with van der Waals surface area (Å²) in [6.07, 6.45) is 2.79. The van der Waals surface area contributed by atoms with Crippen molar-refractivity contribution in [2.24, 2.45) is 11.3 Å². The Morgan fingerprint density at radius 3 is 2.87 bits per heavy atom. The highest BCUT2D eigenvalue weighted by Crippen LogP contribution is 2.36. The van der Waals surface area contributed by atoms with Crippen molar-refractivity contribution in [1.82, 2.24) is 24.3 Å². The van der Waals surface area contributed by atoms with Gasteiger partial charge in [-0.1, -0.05) is 12.7 Å². The molecular weight excluding hydrogens is 392 g/mol. The van der Waals surface area contributed by atoms with Gasteiger partial charge >= 0.3 is 5.97 Å². The molecule has 0 bridgehead atoms. The predicted molar refractivity (Wildman–Crippen MR) is 116 cm³/mol. The zero-order valence-corrected chi connectivity index (χ0v) is 17.9. The maximum absolute atomic E-state index is 12.1. The molecule has 3 aromatic rings. The van der Waals surface area contributed by atoms with Crippen LogP contribution in [0, 0.1) is 22.7 Å². The van der Waals surface area contributed by atoms with Gasteiger partial charge in [0.05, 0.1) is 35.8 Å². The second-order valence-corrected chi connectivity index (χ2v) is 8.72. The highest BCUT2D eigenvalue weighted by Gasteiger charge is 2.27. The lowest BCUT2D eigenvalue weighted by Gasteiger charge is -2.21. The third-order valence-electron chi connectivity index (χ3n) is 5.42. The molecule has 0 radical (unpaired) electrons. The van der Waals surface area contributed by atoms with Crippen molar-refractivity contribution >= 4 is 17.0 Å². The molecule has 1 fully saturated rings. The predicted octanol–water partition coefficient (Wildman–Crippen LogP) is 4.49. The minimum atomic E-state index is -1.96. The van der Waals surface area contributed by atoms with Crippen LogP contribution in [0.25, 0.3) is 22.3 Å². The summed E-state index contributed by atoms with van der Waals surface area (Å²) < 4.78 is 41.0. The molecule has 4 rings (SSSR count). The van der Waals surface area contributed by atoms with Gasteiger partial charge in [0.15, 0.2) is 6.73 Å². The summed E-state index contributed by atoms with van der Waals surface area (Å²) in [4.78, 5) is 20.9. The quantitative estimate of drug-likeness (QED) is 0.541. The molecule has 0 aromatic carbocycles. The molecule has 1 atom stereocenters. The first kappa shape index (κ1) is 16.5. The van der Waals surface area contributed by atoms with Gasteiger partial charge in [0.25, 0.3) is 0 Å². The summed E-state index contributed by atoms with van der Waals surface area (Å²) >= 11 is 0. The molecule has 0 N–H and O–H groups in total. The van der Waals surface area contributed by atoms with Crippen LogP contribution in [0.2, 0.25) is 0 Å². The van der Waals surface area contributed by atoms with Crippen molar-refractivity contribution in [3.05, 3.63) is 31.0 Å². The highest BCUT2D eigenvalue weighted by molar-refractivity contribution is 5.90. The van der Waals surface area contributed by atoms with Gasteiger partial charge in [-0.05, 0) is 45.6 Å². The van der Waals surface area contributed by atoms with Crippen LogP contribution in [0.1, 0.15) is 64.3 Å². The molecule has 0 saturated heterocycles. The topological polar surface area (TPSA) is 98.6 Å². The fourth-order valence-electron chi connectivity index (χ4n) is 3.64. The van der Waals surface area contributed by atoms with Crippen molar-refractivity contribution in [3.63, 3.8) is 0 Å². The molecule has 0 unspecified atom stereocenters. The van der Waals surface area contributed by atoms with Crippen LogP contribution in [0.4, 0.5) is 0 Å². The monoisotopic (exact) mass is 424 g/mol. The van der Waals surface area contributed by atoms with E-state index < -0.39 is 24.2 Å². The van der Waals surface area contributed by atoms with Crippen molar-refractivity contribution in [3.8, 4) is 17.3 Å². The molecule has 3 aromatic heterocycles. The first-order chi connectivity index (χ1) is 16.3. The Balaban J connectivity index is 1.61. The van der Waals surface area contributed by atoms with Crippen LogP contribution in [-0.4, -0.2) is 30.3 Å². The van der Waals surface area contributed by atoms with E-state index in [4.69, 9.17) is 10.2 Å².